The van der Waals surface area contributed by atoms with Crippen molar-refractivity contribution in [3.63, 3.8) is 0 Å². The molecule has 20 heavy (non-hydrogen) atoms. The van der Waals surface area contributed by atoms with Gasteiger partial charge in [0.25, 0.3) is 0 Å². The lowest BCUT2D eigenvalue weighted by molar-refractivity contribution is 0.134. The lowest BCUT2D eigenvalue weighted by atomic mass is 9.70. The van der Waals surface area contributed by atoms with Gasteiger partial charge in [0, 0.05) is 6.04 Å². The highest BCUT2D eigenvalue weighted by Crippen LogP contribution is 2.43. The maximum Gasteiger partial charge on any atom is 0.106 e. The lowest BCUT2D eigenvalue weighted by Gasteiger charge is -2.40. The van der Waals surface area contributed by atoms with Crippen molar-refractivity contribution < 1.29 is 0 Å². The largest absolute Gasteiger partial charge is 0.325 e. The van der Waals surface area contributed by atoms with Gasteiger partial charge in [-0.15, -0.1) is 0 Å². The molecular weight excluding hydrogens is 244 g/mol. The van der Waals surface area contributed by atoms with Gasteiger partial charge < -0.3 is 4.57 Å². The van der Waals surface area contributed by atoms with Gasteiger partial charge in [0.15, 0.2) is 0 Å². The van der Waals surface area contributed by atoms with Gasteiger partial charge in [-0.1, -0.05) is 39.5 Å². The molecule has 110 valence electrons. The van der Waals surface area contributed by atoms with E-state index in [0.29, 0.717) is 11.5 Å². The summed E-state index contributed by atoms with van der Waals surface area (Å²) in [5, 5.41) is 2.30. The average Bonchev–Trinajstić information content (AvgIpc) is 2.63. The maximum absolute atomic E-state index is 4.72. The van der Waals surface area contributed by atoms with Crippen LogP contribution in [0, 0.1) is 18.3 Å². The molecule has 2 heteroatoms. The highest BCUT2D eigenvalue weighted by atomic mass is 15.1. The van der Waals surface area contributed by atoms with E-state index in [1.807, 2.05) is 6.08 Å². The van der Waals surface area contributed by atoms with Crippen molar-refractivity contribution in [1.29, 1.82) is 0 Å². The second-order valence-electron chi connectivity index (χ2n) is 7.06. The fraction of sp³-hybridized carbons (Fsp3) is 0.611. The number of nitrogens with zero attached hydrogens (tertiary/aromatic N) is 2. The standard InChI is InChI=1S/C18H28N2/c1-7-9-17-16(8-2)19-14(4)20(17)15-10-13(3)11-18(5,6)12-15/h7-9,13,15H,1,10-12H2,2-6H3/b16-8+,17-9+. The van der Waals surface area contributed by atoms with E-state index in [4.69, 9.17) is 4.98 Å². The van der Waals surface area contributed by atoms with Crippen LogP contribution in [0.2, 0.25) is 0 Å². The second-order valence-corrected chi connectivity index (χ2v) is 7.06. The number of hydrogen-bond donors (Lipinski definition) is 0. The molecule has 2 rings (SSSR count). The Hall–Kier alpha value is -1.31. The number of rotatable bonds is 2. The van der Waals surface area contributed by atoms with Gasteiger partial charge in [0.05, 0.1) is 10.7 Å². The Balaban J connectivity index is 2.55. The van der Waals surface area contributed by atoms with Crippen LogP contribution < -0.4 is 10.7 Å². The van der Waals surface area contributed by atoms with Gasteiger partial charge in [-0.05, 0) is 50.5 Å². The Bertz CT molecular complexity index is 604. The zero-order chi connectivity index (χ0) is 14.9. The van der Waals surface area contributed by atoms with Crippen molar-refractivity contribution in [3.8, 4) is 0 Å². The monoisotopic (exact) mass is 272 g/mol. The fourth-order valence-corrected chi connectivity index (χ4v) is 4.03. The summed E-state index contributed by atoms with van der Waals surface area (Å²) in [5.41, 5.74) is 0.417. The number of allylic oxidation sites excluding steroid dienone is 1. The zero-order valence-electron chi connectivity index (χ0n) is 13.6. The molecule has 1 aliphatic rings. The molecule has 0 N–H and O–H groups in total. The normalized spacial score (nSPS) is 27.9. The predicted octanol–water partition coefficient (Wildman–Crippen LogP) is 3.35. The minimum absolute atomic E-state index is 0.417. The molecule has 2 unspecified atom stereocenters. The smallest absolute Gasteiger partial charge is 0.106 e. The first-order chi connectivity index (χ1) is 9.38. The van der Waals surface area contributed by atoms with Crippen LogP contribution in [0.4, 0.5) is 0 Å². The second kappa shape index (κ2) is 5.59. The molecule has 2 nitrogen and oxygen atoms in total. The van der Waals surface area contributed by atoms with E-state index in [2.05, 4.69) is 57.9 Å². The number of aryl methyl sites for hydroxylation is 1. The van der Waals surface area contributed by atoms with Crippen molar-refractivity contribution >= 4 is 12.2 Å². The molecule has 0 amide bonds. The van der Waals surface area contributed by atoms with Gasteiger partial charge in [-0.25, -0.2) is 4.98 Å². The Morgan fingerprint density at radius 1 is 1.35 bits per heavy atom. The predicted molar refractivity (Wildman–Crippen MR) is 86.8 cm³/mol. The minimum atomic E-state index is 0.417. The van der Waals surface area contributed by atoms with E-state index in [9.17, 15) is 0 Å². The fourth-order valence-electron chi connectivity index (χ4n) is 4.03. The van der Waals surface area contributed by atoms with Crippen molar-refractivity contribution in [2.45, 2.75) is 59.9 Å². The maximum atomic E-state index is 4.72. The molecule has 1 fully saturated rings. The molecule has 0 bridgehead atoms. The Labute approximate surface area is 122 Å². The summed E-state index contributed by atoms with van der Waals surface area (Å²) in [6, 6.07) is 0.557. The average molecular weight is 272 g/mol. The SMILES string of the molecule is C=C/C=c1\c(=C/C)nc(C)n1C1CC(C)CC(C)(C)C1. The number of hydrogen-bond acceptors (Lipinski definition) is 1. The summed E-state index contributed by atoms with van der Waals surface area (Å²) >= 11 is 0. The summed E-state index contributed by atoms with van der Waals surface area (Å²) in [7, 11) is 0. The molecule has 1 aromatic rings. The third-order valence-electron chi connectivity index (χ3n) is 4.43. The molecule has 1 saturated carbocycles. The summed E-state index contributed by atoms with van der Waals surface area (Å²) in [6.07, 6.45) is 9.87. The molecular formula is C18H28N2. The van der Waals surface area contributed by atoms with Gasteiger partial charge >= 0.3 is 0 Å². The highest BCUT2D eigenvalue weighted by molar-refractivity contribution is 5.35. The van der Waals surface area contributed by atoms with Crippen LogP contribution in [-0.2, 0) is 0 Å². The van der Waals surface area contributed by atoms with E-state index in [1.165, 1.54) is 24.6 Å². The van der Waals surface area contributed by atoms with Crippen LogP contribution in [0.25, 0.3) is 12.2 Å². The topological polar surface area (TPSA) is 17.8 Å². The third-order valence-corrected chi connectivity index (χ3v) is 4.43. The first-order valence-corrected chi connectivity index (χ1v) is 7.72. The van der Waals surface area contributed by atoms with Crippen molar-refractivity contribution in [2.24, 2.45) is 11.3 Å². The molecule has 1 aromatic heterocycles. The molecule has 2 atom stereocenters. The van der Waals surface area contributed by atoms with E-state index >= 15 is 0 Å². The molecule has 0 aliphatic heterocycles. The summed E-state index contributed by atoms with van der Waals surface area (Å²) < 4.78 is 2.44. The van der Waals surface area contributed by atoms with E-state index in [-0.39, 0.29) is 0 Å². The summed E-state index contributed by atoms with van der Waals surface area (Å²) in [4.78, 5) is 4.72. The number of aromatic nitrogens is 2. The quantitative estimate of drug-likeness (QED) is 0.807. The van der Waals surface area contributed by atoms with Crippen LogP contribution in [-0.4, -0.2) is 9.55 Å². The Kier molecular flexibility index (Phi) is 4.22. The number of imidazole rings is 1. The van der Waals surface area contributed by atoms with Crippen molar-refractivity contribution in [2.75, 3.05) is 0 Å². The summed E-state index contributed by atoms with van der Waals surface area (Å²) in [6.45, 7) is 15.2. The van der Waals surface area contributed by atoms with Crippen LogP contribution in [0.3, 0.4) is 0 Å². The van der Waals surface area contributed by atoms with E-state index in [1.54, 1.807) is 0 Å². The lowest BCUT2D eigenvalue weighted by Crippen LogP contribution is -2.37. The summed E-state index contributed by atoms with van der Waals surface area (Å²) in [5.74, 6) is 1.90. The van der Waals surface area contributed by atoms with Gasteiger partial charge in [0.2, 0.25) is 0 Å². The van der Waals surface area contributed by atoms with E-state index < -0.39 is 0 Å². The third kappa shape index (κ3) is 2.89. The zero-order valence-corrected chi connectivity index (χ0v) is 13.6. The van der Waals surface area contributed by atoms with E-state index in [0.717, 1.165) is 17.1 Å². The van der Waals surface area contributed by atoms with Crippen LogP contribution in [0.1, 0.15) is 58.8 Å². The van der Waals surface area contributed by atoms with Crippen molar-refractivity contribution in [1.82, 2.24) is 9.55 Å². The van der Waals surface area contributed by atoms with Crippen LogP contribution in [0.5, 0.6) is 0 Å². The minimum Gasteiger partial charge on any atom is -0.325 e. The molecule has 0 saturated heterocycles. The van der Waals surface area contributed by atoms with Crippen LogP contribution >= 0.6 is 0 Å². The Morgan fingerprint density at radius 2 is 2.05 bits per heavy atom. The van der Waals surface area contributed by atoms with Crippen molar-refractivity contribution in [3.05, 3.63) is 29.2 Å². The van der Waals surface area contributed by atoms with Gasteiger partial charge in [-0.2, -0.15) is 0 Å². The molecule has 0 spiro atoms. The molecule has 1 heterocycles. The highest BCUT2D eigenvalue weighted by Gasteiger charge is 2.33. The Morgan fingerprint density at radius 3 is 2.60 bits per heavy atom. The first-order valence-electron chi connectivity index (χ1n) is 7.72. The molecule has 0 radical (unpaired) electrons. The van der Waals surface area contributed by atoms with Crippen LogP contribution in [0.15, 0.2) is 12.7 Å². The van der Waals surface area contributed by atoms with Gasteiger partial charge in [0.1, 0.15) is 5.82 Å². The molecule has 0 aromatic carbocycles. The first kappa shape index (κ1) is 15.1. The van der Waals surface area contributed by atoms with Gasteiger partial charge in [-0.3, -0.25) is 0 Å². The molecule has 1 aliphatic carbocycles.